The van der Waals surface area contributed by atoms with Gasteiger partial charge in [0.05, 0.1) is 18.0 Å². The number of carbonyl (C=O) groups is 1. The van der Waals surface area contributed by atoms with Crippen LogP contribution >= 0.6 is 0 Å². The Morgan fingerprint density at radius 1 is 1.21 bits per heavy atom. The summed E-state index contributed by atoms with van der Waals surface area (Å²) in [5, 5.41) is 12.8. The number of rotatable bonds is 5. The molecule has 2 N–H and O–H groups in total. The van der Waals surface area contributed by atoms with E-state index in [0.29, 0.717) is 13.1 Å². The normalized spacial score (nSPS) is 18.3. The topological polar surface area (TPSA) is 131 Å². The summed E-state index contributed by atoms with van der Waals surface area (Å²) < 4.78 is 48.3. The molecule has 10 nitrogen and oxygen atoms in total. The van der Waals surface area contributed by atoms with Crippen LogP contribution in [0, 0.1) is 5.82 Å². The SMILES string of the molecule is CC1(C)OCCn2c1nc(C(=O)NCc1cc(F)cc(S(=O)(=O)N3CCCCC3)c1)c(O)c2=O. The highest BCUT2D eigenvalue weighted by Crippen LogP contribution is 2.27. The Hall–Kier alpha value is -2.83. The van der Waals surface area contributed by atoms with Gasteiger partial charge in [0.15, 0.2) is 5.69 Å². The van der Waals surface area contributed by atoms with E-state index in [1.54, 1.807) is 13.8 Å². The van der Waals surface area contributed by atoms with Gasteiger partial charge in [-0.25, -0.2) is 17.8 Å². The average molecular weight is 495 g/mol. The number of ether oxygens (including phenoxy) is 1. The number of amides is 1. The number of hydrogen-bond acceptors (Lipinski definition) is 7. The number of nitrogens with zero attached hydrogens (tertiary/aromatic N) is 3. The number of piperidine rings is 1. The van der Waals surface area contributed by atoms with Gasteiger partial charge in [-0.1, -0.05) is 6.42 Å². The Bertz CT molecular complexity index is 1290. The summed E-state index contributed by atoms with van der Waals surface area (Å²) in [5.41, 5.74) is -1.97. The fourth-order valence-electron chi connectivity index (χ4n) is 4.22. The Morgan fingerprint density at radius 3 is 2.62 bits per heavy atom. The highest BCUT2D eigenvalue weighted by atomic mass is 32.2. The number of halogens is 1. The minimum absolute atomic E-state index is 0.189. The summed E-state index contributed by atoms with van der Waals surface area (Å²) in [5.74, 6) is -2.21. The molecule has 0 bridgehead atoms. The molecule has 0 unspecified atom stereocenters. The first-order valence-corrected chi connectivity index (χ1v) is 12.5. The maximum absolute atomic E-state index is 14.3. The van der Waals surface area contributed by atoms with Crippen molar-refractivity contribution in [2.45, 2.75) is 56.7 Å². The molecule has 0 atom stereocenters. The van der Waals surface area contributed by atoms with E-state index in [-0.39, 0.29) is 36.0 Å². The number of nitrogens with one attached hydrogen (secondary N) is 1. The Labute approximate surface area is 196 Å². The van der Waals surface area contributed by atoms with Gasteiger partial charge in [0.2, 0.25) is 15.8 Å². The van der Waals surface area contributed by atoms with Crippen LogP contribution in [0.15, 0.2) is 27.9 Å². The van der Waals surface area contributed by atoms with Crippen LogP contribution in [0.1, 0.15) is 55.0 Å². The van der Waals surface area contributed by atoms with Crippen LogP contribution in [0.4, 0.5) is 4.39 Å². The lowest BCUT2D eigenvalue weighted by Gasteiger charge is -2.32. The molecule has 2 aliphatic heterocycles. The molecular weight excluding hydrogens is 467 g/mol. The van der Waals surface area contributed by atoms with Gasteiger partial charge in [-0.05, 0) is 50.5 Å². The number of benzene rings is 1. The predicted octanol–water partition coefficient (Wildman–Crippen LogP) is 1.46. The molecule has 0 spiro atoms. The van der Waals surface area contributed by atoms with Crippen molar-refractivity contribution in [2.24, 2.45) is 0 Å². The van der Waals surface area contributed by atoms with Crippen molar-refractivity contribution in [3.8, 4) is 5.75 Å². The smallest absolute Gasteiger partial charge is 0.296 e. The van der Waals surface area contributed by atoms with E-state index in [0.717, 1.165) is 31.4 Å². The molecule has 1 aromatic carbocycles. The monoisotopic (exact) mass is 494 g/mol. The van der Waals surface area contributed by atoms with E-state index >= 15 is 0 Å². The van der Waals surface area contributed by atoms with Gasteiger partial charge in [-0.2, -0.15) is 4.31 Å². The third-order valence-corrected chi connectivity index (χ3v) is 7.89. The third kappa shape index (κ3) is 4.57. The molecule has 1 fully saturated rings. The second kappa shape index (κ2) is 9.08. The predicted molar refractivity (Wildman–Crippen MR) is 119 cm³/mol. The lowest BCUT2D eigenvalue weighted by Crippen LogP contribution is -2.42. The van der Waals surface area contributed by atoms with Gasteiger partial charge in [0.1, 0.15) is 17.2 Å². The largest absolute Gasteiger partial charge is 0.501 e. The first-order valence-electron chi connectivity index (χ1n) is 11.1. The Morgan fingerprint density at radius 2 is 1.91 bits per heavy atom. The first kappa shape index (κ1) is 24.3. The van der Waals surface area contributed by atoms with Crippen LogP contribution in [0.3, 0.4) is 0 Å². The van der Waals surface area contributed by atoms with Gasteiger partial charge < -0.3 is 15.2 Å². The lowest BCUT2D eigenvalue weighted by atomic mass is 10.1. The second-order valence-corrected chi connectivity index (χ2v) is 10.8. The molecule has 0 radical (unpaired) electrons. The molecule has 1 amide bonds. The van der Waals surface area contributed by atoms with Crippen molar-refractivity contribution >= 4 is 15.9 Å². The number of aromatic nitrogens is 2. The van der Waals surface area contributed by atoms with Crippen molar-refractivity contribution in [2.75, 3.05) is 19.7 Å². The van der Waals surface area contributed by atoms with Crippen LogP contribution in [0.25, 0.3) is 0 Å². The highest BCUT2D eigenvalue weighted by molar-refractivity contribution is 7.89. The minimum Gasteiger partial charge on any atom is -0.501 e. The minimum atomic E-state index is -3.86. The summed E-state index contributed by atoms with van der Waals surface area (Å²) in [6.07, 6.45) is 2.44. The molecule has 2 aliphatic rings. The molecule has 4 rings (SSSR count). The van der Waals surface area contributed by atoms with Crippen molar-refractivity contribution in [3.05, 3.63) is 51.5 Å². The summed E-state index contributed by atoms with van der Waals surface area (Å²) >= 11 is 0. The van der Waals surface area contributed by atoms with Gasteiger partial charge >= 0.3 is 0 Å². The van der Waals surface area contributed by atoms with Crippen LogP contribution in [0.5, 0.6) is 5.75 Å². The van der Waals surface area contributed by atoms with Crippen LogP contribution in [0.2, 0.25) is 0 Å². The fraction of sp³-hybridized carbons (Fsp3) is 0.500. The fourth-order valence-corrected chi connectivity index (χ4v) is 5.82. The molecule has 3 heterocycles. The van der Waals surface area contributed by atoms with E-state index in [9.17, 15) is 27.5 Å². The maximum atomic E-state index is 14.3. The molecule has 12 heteroatoms. The zero-order valence-corrected chi connectivity index (χ0v) is 19.8. The molecule has 1 aromatic heterocycles. The Balaban J connectivity index is 1.57. The molecule has 1 saturated heterocycles. The molecule has 0 aliphatic carbocycles. The quantitative estimate of drug-likeness (QED) is 0.643. The summed E-state index contributed by atoms with van der Waals surface area (Å²) in [4.78, 5) is 29.3. The van der Waals surface area contributed by atoms with E-state index in [1.807, 2.05) is 0 Å². The molecular formula is C22H27FN4O6S. The Kier molecular flexibility index (Phi) is 6.49. The zero-order chi connectivity index (χ0) is 24.7. The first-order chi connectivity index (χ1) is 16.0. The number of hydrogen-bond donors (Lipinski definition) is 2. The zero-order valence-electron chi connectivity index (χ0n) is 19.0. The maximum Gasteiger partial charge on any atom is 0.296 e. The standard InChI is InChI=1S/C22H27FN4O6S/c1-22(2)21-25-17(18(28)20(30)27(21)8-9-33-22)19(29)24-13-14-10-15(23)12-16(11-14)34(31,32)26-6-4-3-5-7-26/h10-12,28H,3-9,13H2,1-2H3,(H,24,29). The van der Waals surface area contributed by atoms with Gasteiger partial charge in [0, 0.05) is 19.6 Å². The van der Waals surface area contributed by atoms with Crippen molar-refractivity contribution in [1.29, 1.82) is 0 Å². The molecule has 184 valence electrons. The van der Waals surface area contributed by atoms with E-state index in [2.05, 4.69) is 10.3 Å². The summed E-state index contributed by atoms with van der Waals surface area (Å²) in [7, 11) is -3.86. The molecule has 0 saturated carbocycles. The third-order valence-electron chi connectivity index (χ3n) is 6.01. The second-order valence-electron chi connectivity index (χ2n) is 8.89. The highest BCUT2D eigenvalue weighted by Gasteiger charge is 2.34. The van der Waals surface area contributed by atoms with Crippen molar-refractivity contribution in [1.82, 2.24) is 19.2 Å². The molecule has 2 aromatic rings. The van der Waals surface area contributed by atoms with Crippen LogP contribution < -0.4 is 10.9 Å². The number of sulfonamides is 1. The molecule has 34 heavy (non-hydrogen) atoms. The van der Waals surface area contributed by atoms with E-state index in [1.165, 1.54) is 14.9 Å². The van der Waals surface area contributed by atoms with Gasteiger partial charge in [0.25, 0.3) is 11.5 Å². The van der Waals surface area contributed by atoms with Gasteiger partial charge in [-0.15, -0.1) is 0 Å². The van der Waals surface area contributed by atoms with E-state index in [4.69, 9.17) is 4.74 Å². The number of fused-ring (bicyclic) bond motifs is 1. The van der Waals surface area contributed by atoms with Crippen LogP contribution in [-0.2, 0) is 33.5 Å². The van der Waals surface area contributed by atoms with Crippen molar-refractivity contribution < 1.29 is 27.4 Å². The summed E-state index contributed by atoms with van der Waals surface area (Å²) in [6.45, 7) is 4.36. The lowest BCUT2D eigenvalue weighted by molar-refractivity contribution is -0.0566. The van der Waals surface area contributed by atoms with Crippen molar-refractivity contribution in [3.63, 3.8) is 0 Å². The van der Waals surface area contributed by atoms with E-state index < -0.39 is 44.4 Å². The van der Waals surface area contributed by atoms with Crippen LogP contribution in [-0.4, -0.2) is 53.0 Å². The average Bonchev–Trinajstić information content (AvgIpc) is 2.80. The summed E-state index contributed by atoms with van der Waals surface area (Å²) in [6, 6.07) is 3.37. The van der Waals surface area contributed by atoms with Gasteiger partial charge in [-0.3, -0.25) is 14.2 Å². The number of aromatic hydroxyl groups is 1. The number of carbonyl (C=O) groups excluding carboxylic acids is 1.